The van der Waals surface area contributed by atoms with E-state index in [0.717, 1.165) is 9.80 Å². The summed E-state index contributed by atoms with van der Waals surface area (Å²) >= 11 is 0. The Balaban J connectivity index is 2.32. The molecule has 20 heavy (non-hydrogen) atoms. The van der Waals surface area contributed by atoms with Gasteiger partial charge in [-0.2, -0.15) is 0 Å². The van der Waals surface area contributed by atoms with Crippen molar-refractivity contribution >= 4 is 23.8 Å². The molecule has 104 valence electrons. The molecule has 1 aromatic rings. The molecule has 1 aromatic carbocycles. The molecule has 0 spiro atoms. The van der Waals surface area contributed by atoms with E-state index in [1.54, 1.807) is 18.2 Å². The van der Waals surface area contributed by atoms with Gasteiger partial charge in [-0.1, -0.05) is 18.2 Å². The van der Waals surface area contributed by atoms with Gasteiger partial charge in [0, 0.05) is 7.05 Å². The second kappa shape index (κ2) is 5.12. The van der Waals surface area contributed by atoms with E-state index < -0.39 is 23.8 Å². The van der Waals surface area contributed by atoms with Crippen molar-refractivity contribution in [1.29, 1.82) is 0 Å². The fourth-order valence-corrected chi connectivity index (χ4v) is 1.89. The minimum Gasteiger partial charge on any atom is -0.465 e. The summed E-state index contributed by atoms with van der Waals surface area (Å²) in [5.74, 6) is -2.36. The van der Waals surface area contributed by atoms with Crippen LogP contribution in [0.2, 0.25) is 0 Å². The van der Waals surface area contributed by atoms with Gasteiger partial charge in [-0.15, -0.1) is 0 Å². The van der Waals surface area contributed by atoms with Crippen molar-refractivity contribution in [2.75, 3.05) is 14.2 Å². The van der Waals surface area contributed by atoms with E-state index in [4.69, 9.17) is 0 Å². The number of methoxy groups -OCH3 is 1. The number of carbonyl (C=O) groups is 4. The maximum atomic E-state index is 11.8. The van der Waals surface area contributed by atoms with Crippen LogP contribution in [0.25, 0.3) is 0 Å². The molecule has 4 amide bonds. The van der Waals surface area contributed by atoms with E-state index in [2.05, 4.69) is 4.74 Å². The first-order chi connectivity index (χ1) is 9.47. The number of imide groups is 2. The molecule has 1 aliphatic rings. The zero-order valence-corrected chi connectivity index (χ0v) is 11.0. The standard InChI is InChI=1S/C13H12N2O5/c1-14-10(16)11(17)15(13(14)19)7-8-5-3-4-6-9(8)12(18)20-2/h3-6H,7H2,1-2H3. The number of carbonyl (C=O) groups excluding carboxylic acids is 4. The smallest absolute Gasteiger partial charge is 0.338 e. The van der Waals surface area contributed by atoms with Crippen LogP contribution in [-0.4, -0.2) is 47.8 Å². The van der Waals surface area contributed by atoms with Crippen LogP contribution in [-0.2, 0) is 20.9 Å². The lowest BCUT2D eigenvalue weighted by atomic mass is 10.1. The summed E-state index contributed by atoms with van der Waals surface area (Å²) in [5, 5.41) is 0. The van der Waals surface area contributed by atoms with E-state index in [9.17, 15) is 19.2 Å². The van der Waals surface area contributed by atoms with Crippen LogP contribution in [0.15, 0.2) is 24.3 Å². The predicted octanol–water partition coefficient (Wildman–Crippen LogP) is 0.394. The number of rotatable bonds is 3. The summed E-state index contributed by atoms with van der Waals surface area (Å²) < 4.78 is 4.63. The van der Waals surface area contributed by atoms with Crippen molar-refractivity contribution < 1.29 is 23.9 Å². The number of hydrogen-bond donors (Lipinski definition) is 0. The fourth-order valence-electron chi connectivity index (χ4n) is 1.89. The molecule has 0 unspecified atom stereocenters. The van der Waals surface area contributed by atoms with E-state index in [1.165, 1.54) is 20.2 Å². The first kappa shape index (κ1) is 13.7. The Bertz CT molecular complexity index is 611. The monoisotopic (exact) mass is 276 g/mol. The first-order valence-electron chi connectivity index (χ1n) is 5.77. The number of ether oxygens (including phenoxy) is 1. The number of esters is 1. The summed E-state index contributed by atoms with van der Waals surface area (Å²) in [6.45, 7) is -0.154. The third-order valence-corrected chi connectivity index (χ3v) is 3.00. The Labute approximate surface area is 114 Å². The van der Waals surface area contributed by atoms with Crippen LogP contribution in [0.3, 0.4) is 0 Å². The average Bonchev–Trinajstić information content (AvgIpc) is 2.65. The molecular weight excluding hydrogens is 264 g/mol. The normalized spacial score (nSPS) is 15.0. The van der Waals surface area contributed by atoms with Gasteiger partial charge in [0.1, 0.15) is 0 Å². The molecule has 2 rings (SSSR count). The number of likely N-dealkylation sites (N-methyl/N-ethyl adjacent to an activating group) is 1. The number of nitrogens with zero attached hydrogens (tertiary/aromatic N) is 2. The largest absolute Gasteiger partial charge is 0.465 e. The van der Waals surface area contributed by atoms with Gasteiger partial charge in [0.2, 0.25) is 0 Å². The molecule has 1 aliphatic heterocycles. The summed E-state index contributed by atoms with van der Waals surface area (Å²) in [6.07, 6.45) is 0. The molecule has 0 aromatic heterocycles. The predicted molar refractivity (Wildman–Crippen MR) is 66.5 cm³/mol. The highest BCUT2D eigenvalue weighted by Gasteiger charge is 2.42. The molecule has 7 heteroatoms. The van der Waals surface area contributed by atoms with Gasteiger partial charge in [0.25, 0.3) is 0 Å². The maximum absolute atomic E-state index is 11.8. The highest BCUT2D eigenvalue weighted by atomic mass is 16.5. The van der Waals surface area contributed by atoms with Gasteiger partial charge >= 0.3 is 23.8 Å². The zero-order chi connectivity index (χ0) is 14.9. The number of hydrogen-bond acceptors (Lipinski definition) is 5. The Hall–Kier alpha value is -2.70. The third kappa shape index (κ3) is 2.13. The topological polar surface area (TPSA) is 84.0 Å². The molecule has 1 saturated heterocycles. The number of amides is 4. The van der Waals surface area contributed by atoms with Crippen molar-refractivity contribution in [3.8, 4) is 0 Å². The van der Waals surface area contributed by atoms with Crippen LogP contribution in [0.1, 0.15) is 15.9 Å². The minimum atomic E-state index is -0.905. The molecule has 1 fully saturated rings. The lowest BCUT2D eigenvalue weighted by Crippen LogP contribution is -2.31. The third-order valence-electron chi connectivity index (χ3n) is 3.00. The van der Waals surface area contributed by atoms with Gasteiger partial charge < -0.3 is 4.74 Å². The van der Waals surface area contributed by atoms with Crippen molar-refractivity contribution in [3.63, 3.8) is 0 Å². The van der Waals surface area contributed by atoms with Gasteiger partial charge in [0.05, 0.1) is 19.2 Å². The second-order valence-electron chi connectivity index (χ2n) is 4.19. The summed E-state index contributed by atoms with van der Waals surface area (Å²) in [5.41, 5.74) is 0.682. The average molecular weight is 276 g/mol. The molecule has 0 atom stereocenters. The summed E-state index contributed by atoms with van der Waals surface area (Å²) in [6, 6.07) is 5.71. The molecule has 0 aliphatic carbocycles. The Morgan fingerprint density at radius 2 is 1.80 bits per heavy atom. The molecule has 0 N–H and O–H groups in total. The SMILES string of the molecule is COC(=O)c1ccccc1CN1C(=O)C(=O)N(C)C1=O. The quantitative estimate of drug-likeness (QED) is 0.453. The molecular formula is C13H12N2O5. The van der Waals surface area contributed by atoms with Crippen LogP contribution in [0, 0.1) is 0 Å². The molecule has 0 bridgehead atoms. The van der Waals surface area contributed by atoms with Gasteiger partial charge in [-0.05, 0) is 11.6 Å². The molecule has 7 nitrogen and oxygen atoms in total. The summed E-state index contributed by atoms with van der Waals surface area (Å²) in [4.78, 5) is 48.0. The highest BCUT2D eigenvalue weighted by molar-refractivity contribution is 6.44. The Morgan fingerprint density at radius 1 is 1.15 bits per heavy atom. The summed E-state index contributed by atoms with van der Waals surface area (Å²) in [7, 11) is 2.47. The van der Waals surface area contributed by atoms with E-state index >= 15 is 0 Å². The van der Waals surface area contributed by atoms with Crippen molar-refractivity contribution in [2.45, 2.75) is 6.54 Å². The van der Waals surface area contributed by atoms with Gasteiger partial charge in [0.15, 0.2) is 0 Å². The molecule has 1 heterocycles. The molecule has 0 radical (unpaired) electrons. The van der Waals surface area contributed by atoms with Gasteiger partial charge in [-0.3, -0.25) is 19.4 Å². The molecule has 0 saturated carbocycles. The number of urea groups is 1. The van der Waals surface area contributed by atoms with Crippen LogP contribution in [0.4, 0.5) is 4.79 Å². The Morgan fingerprint density at radius 3 is 2.35 bits per heavy atom. The van der Waals surface area contributed by atoms with Crippen molar-refractivity contribution in [3.05, 3.63) is 35.4 Å². The highest BCUT2D eigenvalue weighted by Crippen LogP contribution is 2.17. The van der Waals surface area contributed by atoms with Crippen molar-refractivity contribution in [2.24, 2.45) is 0 Å². The number of benzene rings is 1. The lowest BCUT2D eigenvalue weighted by Gasteiger charge is -2.14. The Kier molecular flexibility index (Phi) is 3.51. The van der Waals surface area contributed by atoms with Crippen molar-refractivity contribution in [1.82, 2.24) is 9.80 Å². The zero-order valence-electron chi connectivity index (χ0n) is 11.0. The van der Waals surface area contributed by atoms with Crippen LogP contribution in [0.5, 0.6) is 0 Å². The lowest BCUT2D eigenvalue weighted by molar-refractivity contribution is -0.143. The van der Waals surface area contributed by atoms with Crippen LogP contribution >= 0.6 is 0 Å². The first-order valence-corrected chi connectivity index (χ1v) is 5.77. The van der Waals surface area contributed by atoms with E-state index in [0.29, 0.717) is 5.56 Å². The van der Waals surface area contributed by atoms with E-state index in [-0.39, 0.29) is 12.1 Å². The van der Waals surface area contributed by atoms with Gasteiger partial charge in [-0.25, -0.2) is 9.59 Å². The van der Waals surface area contributed by atoms with E-state index in [1.807, 2.05) is 0 Å². The second-order valence-corrected chi connectivity index (χ2v) is 4.19. The fraction of sp³-hybridized carbons (Fsp3) is 0.231. The maximum Gasteiger partial charge on any atom is 0.338 e. The minimum absolute atomic E-state index is 0.154. The van der Waals surface area contributed by atoms with Crippen LogP contribution < -0.4 is 0 Å².